The number of hydrogen-bond donors (Lipinski definition) is 3. The van der Waals surface area contributed by atoms with Crippen molar-refractivity contribution in [1.82, 2.24) is 10.7 Å². The van der Waals surface area contributed by atoms with Gasteiger partial charge in [-0.1, -0.05) is 42.1 Å². The molecular weight excluding hydrogens is 328 g/mol. The third-order valence-corrected chi connectivity index (χ3v) is 4.84. The average Bonchev–Trinajstić information content (AvgIpc) is 2.62. The lowest BCUT2D eigenvalue weighted by Crippen LogP contribution is -2.28. The molecule has 0 aromatic heterocycles. The lowest BCUT2D eigenvalue weighted by molar-refractivity contribution is 0.759. The second kappa shape index (κ2) is 9.49. The molecule has 5 heteroatoms. The highest BCUT2D eigenvalue weighted by Gasteiger charge is 2.18. The Balaban J connectivity index is 2.50. The van der Waals surface area contributed by atoms with E-state index < -0.39 is 0 Å². The van der Waals surface area contributed by atoms with Crippen molar-refractivity contribution in [3.05, 3.63) is 64.7 Å². The van der Waals surface area contributed by atoms with Crippen molar-refractivity contribution in [3.63, 3.8) is 0 Å². The van der Waals surface area contributed by atoms with Crippen LogP contribution in [0.4, 0.5) is 5.69 Å². The van der Waals surface area contributed by atoms with Gasteiger partial charge < -0.3 is 10.7 Å². The van der Waals surface area contributed by atoms with Gasteiger partial charge in [-0.05, 0) is 61.4 Å². The van der Waals surface area contributed by atoms with Crippen molar-refractivity contribution < 1.29 is 0 Å². The van der Waals surface area contributed by atoms with E-state index in [0.717, 1.165) is 17.4 Å². The second-order valence-corrected chi connectivity index (χ2v) is 6.65. The Morgan fingerprint density at radius 3 is 2.60 bits per heavy atom. The first kappa shape index (κ1) is 19.3. The zero-order chi connectivity index (χ0) is 18.2. The Morgan fingerprint density at radius 1 is 1.16 bits per heavy atom. The molecule has 0 heterocycles. The number of hydrazine groups is 1. The molecule has 0 bridgehead atoms. The number of nitrogens with one attached hydrogen (secondary N) is 3. The molecule has 0 amide bonds. The van der Waals surface area contributed by atoms with Gasteiger partial charge in [-0.2, -0.15) is 0 Å². The summed E-state index contributed by atoms with van der Waals surface area (Å²) in [4.78, 5) is 4.58. The molecule has 2 aromatic carbocycles. The molecular formula is C20H28N4S. The quantitative estimate of drug-likeness (QED) is 0.411. The van der Waals surface area contributed by atoms with E-state index in [0.29, 0.717) is 0 Å². The number of benzene rings is 2. The van der Waals surface area contributed by atoms with Gasteiger partial charge in [0.15, 0.2) is 5.17 Å². The van der Waals surface area contributed by atoms with Crippen molar-refractivity contribution >= 4 is 22.6 Å². The summed E-state index contributed by atoms with van der Waals surface area (Å²) in [5.74, 6) is 0. The Kier molecular flexibility index (Phi) is 7.34. The van der Waals surface area contributed by atoms with E-state index in [4.69, 9.17) is 0 Å². The van der Waals surface area contributed by atoms with Gasteiger partial charge in [0.05, 0.1) is 6.04 Å². The fourth-order valence-corrected chi connectivity index (χ4v) is 3.30. The normalized spacial score (nSPS) is 12.8. The maximum Gasteiger partial charge on any atom is 0.157 e. The summed E-state index contributed by atoms with van der Waals surface area (Å²) < 4.78 is 0. The summed E-state index contributed by atoms with van der Waals surface area (Å²) >= 11 is 1.65. The number of rotatable bonds is 6. The van der Waals surface area contributed by atoms with Gasteiger partial charge in [0.25, 0.3) is 0 Å². The Hall–Kier alpha value is -1.98. The van der Waals surface area contributed by atoms with Gasteiger partial charge in [0, 0.05) is 19.3 Å². The molecule has 0 aliphatic rings. The fourth-order valence-electron chi connectivity index (χ4n) is 2.80. The molecule has 0 aliphatic carbocycles. The maximum absolute atomic E-state index is 4.58. The van der Waals surface area contributed by atoms with Crippen LogP contribution in [0.5, 0.6) is 0 Å². The van der Waals surface area contributed by atoms with Crippen LogP contribution >= 0.6 is 11.8 Å². The minimum absolute atomic E-state index is 0.0521. The van der Waals surface area contributed by atoms with Crippen LogP contribution in [-0.4, -0.2) is 25.0 Å². The molecule has 4 nitrogen and oxygen atoms in total. The van der Waals surface area contributed by atoms with Crippen molar-refractivity contribution in [2.45, 2.75) is 26.8 Å². The van der Waals surface area contributed by atoms with E-state index in [1.807, 2.05) is 7.05 Å². The van der Waals surface area contributed by atoms with E-state index >= 15 is 0 Å². The van der Waals surface area contributed by atoms with Crippen molar-refractivity contribution in [2.24, 2.45) is 4.99 Å². The Bertz CT molecular complexity index is 727. The summed E-state index contributed by atoms with van der Waals surface area (Å²) in [7, 11) is 1.87. The van der Waals surface area contributed by atoms with E-state index in [9.17, 15) is 0 Å². The van der Waals surface area contributed by atoms with Gasteiger partial charge in [-0.25, -0.2) is 5.43 Å². The molecule has 25 heavy (non-hydrogen) atoms. The van der Waals surface area contributed by atoms with Crippen molar-refractivity contribution in [1.29, 1.82) is 0 Å². The average molecular weight is 357 g/mol. The summed E-state index contributed by atoms with van der Waals surface area (Å²) in [6.45, 7) is 7.17. The van der Waals surface area contributed by atoms with E-state index in [2.05, 4.69) is 90.7 Å². The van der Waals surface area contributed by atoms with E-state index in [-0.39, 0.29) is 6.04 Å². The number of aryl methyl sites for hydroxylation is 1. The molecule has 0 saturated carbocycles. The van der Waals surface area contributed by atoms with Gasteiger partial charge in [-0.3, -0.25) is 4.99 Å². The predicted octanol–water partition coefficient (Wildman–Crippen LogP) is 4.27. The monoisotopic (exact) mass is 356 g/mol. The first-order chi connectivity index (χ1) is 12.1. The highest BCUT2D eigenvalue weighted by Crippen LogP contribution is 2.28. The lowest BCUT2D eigenvalue weighted by atomic mass is 9.92. The smallest absolute Gasteiger partial charge is 0.157 e. The maximum atomic E-state index is 4.58. The predicted molar refractivity (Wildman–Crippen MR) is 112 cm³/mol. The van der Waals surface area contributed by atoms with Gasteiger partial charge in [0.2, 0.25) is 0 Å². The van der Waals surface area contributed by atoms with Crippen LogP contribution in [0.25, 0.3) is 0 Å². The molecule has 0 spiro atoms. The number of nitrogens with zero attached hydrogens (tertiary/aromatic N) is 1. The third kappa shape index (κ3) is 5.00. The van der Waals surface area contributed by atoms with E-state index in [1.165, 1.54) is 22.3 Å². The highest BCUT2D eigenvalue weighted by molar-refractivity contribution is 8.13. The third-order valence-electron chi connectivity index (χ3n) is 4.21. The number of hydrogen-bond acceptors (Lipinski definition) is 4. The number of thioether (sulfide) groups is 1. The van der Waals surface area contributed by atoms with Crippen molar-refractivity contribution in [3.8, 4) is 0 Å². The molecule has 0 fully saturated rings. The highest BCUT2D eigenvalue weighted by atomic mass is 32.2. The molecule has 1 atom stereocenters. The van der Waals surface area contributed by atoms with Crippen molar-refractivity contribution in [2.75, 3.05) is 25.3 Å². The van der Waals surface area contributed by atoms with Crippen LogP contribution in [0.3, 0.4) is 0 Å². The van der Waals surface area contributed by atoms with Gasteiger partial charge >= 0.3 is 0 Å². The minimum atomic E-state index is 0.0521. The summed E-state index contributed by atoms with van der Waals surface area (Å²) in [5, 5.41) is 4.60. The number of anilines is 1. The first-order valence-electron chi connectivity index (χ1n) is 8.54. The van der Waals surface area contributed by atoms with Gasteiger partial charge in [-0.15, -0.1) is 0 Å². The van der Waals surface area contributed by atoms with Crippen LogP contribution in [0, 0.1) is 13.8 Å². The number of amidine groups is 1. The van der Waals surface area contributed by atoms with Crippen LogP contribution in [0.2, 0.25) is 0 Å². The summed E-state index contributed by atoms with van der Waals surface area (Å²) in [6, 6.07) is 15.0. The molecule has 3 N–H and O–H groups in total. The largest absolute Gasteiger partial charge is 0.354 e. The SMILES string of the molecule is CCN=C(NC(c1cccc(NNC)c1)c1cccc(C)c1C)SC. The fraction of sp³-hybridized carbons (Fsp3) is 0.350. The standard InChI is InChI=1S/C20H28N4S/c1-6-22-20(25-5)23-19(18-12-7-9-14(2)15(18)3)16-10-8-11-17(13-16)24-21-4/h7-13,19,21,24H,6H2,1-5H3,(H,22,23). The Labute approximate surface area is 155 Å². The zero-order valence-corrected chi connectivity index (χ0v) is 16.5. The molecule has 2 rings (SSSR count). The van der Waals surface area contributed by atoms with E-state index in [1.54, 1.807) is 11.8 Å². The van der Waals surface area contributed by atoms with Crippen LogP contribution < -0.4 is 16.2 Å². The molecule has 134 valence electrons. The zero-order valence-electron chi connectivity index (χ0n) is 15.7. The molecule has 1 unspecified atom stereocenters. The lowest BCUT2D eigenvalue weighted by Gasteiger charge is -2.24. The van der Waals surface area contributed by atoms with Gasteiger partial charge in [0.1, 0.15) is 0 Å². The number of aliphatic imine (C=N–C) groups is 1. The Morgan fingerprint density at radius 2 is 1.92 bits per heavy atom. The topological polar surface area (TPSA) is 48.5 Å². The second-order valence-electron chi connectivity index (χ2n) is 5.85. The molecule has 0 aliphatic heterocycles. The van der Waals surface area contributed by atoms with Crippen LogP contribution in [0.15, 0.2) is 47.5 Å². The summed E-state index contributed by atoms with van der Waals surface area (Å²) in [6.07, 6.45) is 2.06. The summed E-state index contributed by atoms with van der Waals surface area (Å²) in [5.41, 5.74) is 12.3. The minimum Gasteiger partial charge on any atom is -0.354 e. The van der Waals surface area contributed by atoms with Crippen LogP contribution in [0.1, 0.15) is 35.2 Å². The molecule has 0 saturated heterocycles. The first-order valence-corrected chi connectivity index (χ1v) is 9.77. The molecule has 2 aromatic rings. The van der Waals surface area contributed by atoms with Crippen LogP contribution in [-0.2, 0) is 0 Å². The molecule has 0 radical (unpaired) electrons.